The van der Waals surface area contributed by atoms with Crippen LogP contribution in [0.5, 0.6) is 0 Å². The van der Waals surface area contributed by atoms with Gasteiger partial charge in [0, 0.05) is 24.6 Å². The molecule has 9 heteroatoms. The summed E-state index contributed by atoms with van der Waals surface area (Å²) in [5.74, 6) is -0.959. The Morgan fingerprint density at radius 1 is 0.875 bits per heavy atom. The van der Waals surface area contributed by atoms with Crippen LogP contribution >= 0.6 is 0 Å². The molecule has 0 radical (unpaired) electrons. The minimum absolute atomic E-state index is 0.0637. The van der Waals surface area contributed by atoms with Crippen LogP contribution in [0.2, 0.25) is 0 Å². The number of rotatable bonds is 9. The first-order chi connectivity index (χ1) is 19.5. The fourth-order valence-electron chi connectivity index (χ4n) is 4.54. The number of hydrogen-bond acceptors (Lipinski definition) is 5. The van der Waals surface area contributed by atoms with Crippen molar-refractivity contribution in [3.8, 4) is 0 Å². The highest BCUT2D eigenvalue weighted by molar-refractivity contribution is 5.92. The van der Waals surface area contributed by atoms with Gasteiger partial charge in [-0.1, -0.05) is 60.7 Å². The Hall–Kier alpha value is -5.05. The second kappa shape index (κ2) is 12.2. The molecule has 202 valence electrons. The lowest BCUT2D eigenvalue weighted by Gasteiger charge is -2.24. The Bertz CT molecular complexity index is 1470. The van der Waals surface area contributed by atoms with E-state index in [1.54, 1.807) is 54.9 Å². The minimum atomic E-state index is -0.979. The fraction of sp³-hybridized carbons (Fsp3) is 0.161. The van der Waals surface area contributed by atoms with Gasteiger partial charge in [0.05, 0.1) is 13.0 Å². The number of amides is 3. The Morgan fingerprint density at radius 3 is 2.30 bits per heavy atom. The van der Waals surface area contributed by atoms with Gasteiger partial charge in [-0.2, -0.15) is 0 Å². The normalized spacial score (nSPS) is 16.3. The van der Waals surface area contributed by atoms with E-state index in [9.17, 15) is 18.8 Å². The van der Waals surface area contributed by atoms with Gasteiger partial charge < -0.3 is 15.4 Å². The first-order valence-corrected chi connectivity index (χ1v) is 12.8. The van der Waals surface area contributed by atoms with Gasteiger partial charge in [-0.15, -0.1) is 0 Å². The van der Waals surface area contributed by atoms with E-state index in [4.69, 9.17) is 4.74 Å². The van der Waals surface area contributed by atoms with Crippen molar-refractivity contribution < 1.29 is 23.5 Å². The molecule has 3 amide bonds. The van der Waals surface area contributed by atoms with Crippen molar-refractivity contribution in [2.75, 3.05) is 5.32 Å². The third-order valence-corrected chi connectivity index (χ3v) is 6.54. The van der Waals surface area contributed by atoms with Crippen molar-refractivity contribution in [1.29, 1.82) is 0 Å². The maximum Gasteiger partial charge on any atom is 0.411 e. The monoisotopic (exact) mass is 538 g/mol. The summed E-state index contributed by atoms with van der Waals surface area (Å²) in [5.41, 5.74) is 3.53. The number of ether oxygens (including phenoxy) is 1. The summed E-state index contributed by atoms with van der Waals surface area (Å²) in [6, 6.07) is 24.6. The summed E-state index contributed by atoms with van der Waals surface area (Å²) < 4.78 is 19.1. The van der Waals surface area contributed by atoms with E-state index in [2.05, 4.69) is 15.6 Å². The van der Waals surface area contributed by atoms with Crippen LogP contribution in [0.15, 0.2) is 103 Å². The summed E-state index contributed by atoms with van der Waals surface area (Å²) in [6.45, 7) is 0.287. The number of carbonyl (C=O) groups is 3. The predicted molar refractivity (Wildman–Crippen MR) is 146 cm³/mol. The fourth-order valence-corrected chi connectivity index (χ4v) is 4.54. The van der Waals surface area contributed by atoms with E-state index in [1.165, 1.54) is 17.0 Å². The molecule has 0 saturated carbocycles. The van der Waals surface area contributed by atoms with Crippen LogP contribution in [0.1, 0.15) is 28.4 Å². The van der Waals surface area contributed by atoms with Crippen molar-refractivity contribution in [3.05, 3.63) is 131 Å². The van der Waals surface area contributed by atoms with Crippen LogP contribution in [0.4, 0.5) is 14.9 Å². The standard InChI is InChI=1S/C31H27FN4O4/c32-25-12-8-22(9-13-25)20-36-28(30(38)34-19-23-7-4-16-33-18-23)29(40-31(36)39)24-10-14-26(15-11-24)35-27(37)17-21-5-2-1-3-6-21/h1-16,18,28-29H,17,19-20H2,(H,34,38)(H,35,37). The van der Waals surface area contributed by atoms with E-state index in [-0.39, 0.29) is 25.4 Å². The lowest BCUT2D eigenvalue weighted by molar-refractivity contribution is -0.126. The largest absolute Gasteiger partial charge is 0.438 e. The molecule has 3 aromatic carbocycles. The van der Waals surface area contributed by atoms with E-state index < -0.39 is 30.0 Å². The van der Waals surface area contributed by atoms with Crippen LogP contribution in [0.25, 0.3) is 0 Å². The maximum absolute atomic E-state index is 13.5. The average molecular weight is 539 g/mol. The van der Waals surface area contributed by atoms with E-state index in [0.29, 0.717) is 16.8 Å². The second-order valence-corrected chi connectivity index (χ2v) is 9.42. The zero-order valence-electron chi connectivity index (χ0n) is 21.5. The molecule has 0 aliphatic carbocycles. The highest BCUT2D eigenvalue weighted by atomic mass is 19.1. The molecule has 1 aliphatic heterocycles. The van der Waals surface area contributed by atoms with E-state index in [0.717, 1.165) is 11.1 Å². The topological polar surface area (TPSA) is 101 Å². The first-order valence-electron chi connectivity index (χ1n) is 12.8. The smallest absolute Gasteiger partial charge is 0.411 e. The van der Waals surface area contributed by atoms with Gasteiger partial charge in [0.2, 0.25) is 11.8 Å². The average Bonchev–Trinajstić information content (AvgIpc) is 3.30. The Balaban J connectivity index is 1.33. The Kier molecular flexibility index (Phi) is 8.10. The predicted octanol–water partition coefficient (Wildman–Crippen LogP) is 4.78. The summed E-state index contributed by atoms with van der Waals surface area (Å²) in [6.07, 6.45) is 1.98. The van der Waals surface area contributed by atoms with Crippen molar-refractivity contribution in [1.82, 2.24) is 15.2 Å². The maximum atomic E-state index is 13.5. The Labute approximate surface area is 230 Å². The number of hydrogen-bond donors (Lipinski definition) is 2. The second-order valence-electron chi connectivity index (χ2n) is 9.42. The molecule has 8 nitrogen and oxygen atoms in total. The molecule has 2 N–H and O–H groups in total. The molecule has 2 unspecified atom stereocenters. The molecule has 1 fully saturated rings. The van der Waals surface area contributed by atoms with Crippen LogP contribution in [-0.4, -0.2) is 33.8 Å². The van der Waals surface area contributed by atoms with Crippen LogP contribution in [0.3, 0.4) is 0 Å². The van der Waals surface area contributed by atoms with Gasteiger partial charge in [0.15, 0.2) is 12.1 Å². The van der Waals surface area contributed by atoms with Gasteiger partial charge in [-0.05, 0) is 52.6 Å². The zero-order chi connectivity index (χ0) is 27.9. The quantitative estimate of drug-likeness (QED) is 0.320. The number of pyridine rings is 1. The lowest BCUT2D eigenvalue weighted by atomic mass is 10.00. The number of cyclic esters (lactones) is 1. The number of benzene rings is 3. The minimum Gasteiger partial charge on any atom is -0.438 e. The third-order valence-electron chi connectivity index (χ3n) is 6.54. The molecule has 0 spiro atoms. The summed E-state index contributed by atoms with van der Waals surface area (Å²) >= 11 is 0. The first kappa shape index (κ1) is 26.6. The summed E-state index contributed by atoms with van der Waals surface area (Å²) in [7, 11) is 0. The van der Waals surface area contributed by atoms with Gasteiger partial charge >= 0.3 is 6.09 Å². The van der Waals surface area contributed by atoms with Crippen LogP contribution in [0, 0.1) is 5.82 Å². The van der Waals surface area contributed by atoms with Gasteiger partial charge in [-0.3, -0.25) is 19.5 Å². The Morgan fingerprint density at radius 2 is 1.60 bits per heavy atom. The van der Waals surface area contributed by atoms with Crippen LogP contribution in [-0.2, 0) is 33.8 Å². The number of anilines is 1. The number of carbonyl (C=O) groups excluding carboxylic acids is 3. The molecule has 1 saturated heterocycles. The number of halogens is 1. The molecular weight excluding hydrogens is 511 g/mol. The summed E-state index contributed by atoms with van der Waals surface area (Å²) in [5, 5.41) is 5.74. The number of nitrogens with zero attached hydrogens (tertiary/aromatic N) is 2. The lowest BCUT2D eigenvalue weighted by Crippen LogP contribution is -2.46. The van der Waals surface area contributed by atoms with Crippen molar-refractivity contribution in [2.24, 2.45) is 0 Å². The van der Waals surface area contributed by atoms with Gasteiger partial charge in [0.25, 0.3) is 0 Å². The molecule has 1 aliphatic rings. The SMILES string of the molecule is O=C(Cc1ccccc1)Nc1ccc(C2OC(=O)N(Cc3ccc(F)cc3)C2C(=O)NCc2cccnc2)cc1. The van der Waals surface area contributed by atoms with Crippen molar-refractivity contribution in [2.45, 2.75) is 31.7 Å². The zero-order valence-corrected chi connectivity index (χ0v) is 21.5. The molecule has 5 rings (SSSR count). The molecule has 2 heterocycles. The van der Waals surface area contributed by atoms with Crippen LogP contribution < -0.4 is 10.6 Å². The number of aromatic nitrogens is 1. The van der Waals surface area contributed by atoms with E-state index in [1.807, 2.05) is 36.4 Å². The highest BCUT2D eigenvalue weighted by Gasteiger charge is 2.46. The molecular formula is C31H27FN4O4. The van der Waals surface area contributed by atoms with Gasteiger partial charge in [0.1, 0.15) is 5.82 Å². The number of nitrogens with one attached hydrogen (secondary N) is 2. The highest BCUT2D eigenvalue weighted by Crippen LogP contribution is 2.34. The molecule has 0 bridgehead atoms. The third kappa shape index (κ3) is 6.50. The van der Waals surface area contributed by atoms with E-state index >= 15 is 0 Å². The molecule has 4 aromatic rings. The molecule has 40 heavy (non-hydrogen) atoms. The summed E-state index contributed by atoms with van der Waals surface area (Å²) in [4.78, 5) is 44.3. The van der Waals surface area contributed by atoms with Crippen molar-refractivity contribution in [3.63, 3.8) is 0 Å². The van der Waals surface area contributed by atoms with Crippen molar-refractivity contribution >= 4 is 23.6 Å². The molecule has 1 aromatic heterocycles. The van der Waals surface area contributed by atoms with Gasteiger partial charge in [-0.25, -0.2) is 9.18 Å². The molecule has 2 atom stereocenters.